The molecular formula is C20H22ClNO4. The maximum atomic E-state index is 12.3. The lowest BCUT2D eigenvalue weighted by Gasteiger charge is -2.18. The summed E-state index contributed by atoms with van der Waals surface area (Å²) < 4.78 is 10.3. The van der Waals surface area contributed by atoms with Gasteiger partial charge in [-0.25, -0.2) is 0 Å². The largest absolute Gasteiger partial charge is 0.484 e. The quantitative estimate of drug-likeness (QED) is 0.748. The van der Waals surface area contributed by atoms with E-state index in [1.165, 1.54) is 7.11 Å². The summed E-state index contributed by atoms with van der Waals surface area (Å²) in [6.07, 6.45) is 0.0213. The predicted molar refractivity (Wildman–Crippen MR) is 100 cm³/mol. The van der Waals surface area contributed by atoms with Gasteiger partial charge in [0.1, 0.15) is 5.75 Å². The number of aryl methyl sites for hydroxylation is 2. The fraction of sp³-hybridized carbons (Fsp3) is 0.300. The minimum Gasteiger partial charge on any atom is -0.484 e. The molecule has 1 unspecified atom stereocenters. The van der Waals surface area contributed by atoms with Gasteiger partial charge in [-0.05, 0) is 54.8 Å². The SMILES string of the molecule is COC(=O)CC(NC(=O)COc1ccc(C)c(C)c1)c1ccc(Cl)cc1. The Labute approximate surface area is 158 Å². The number of hydrogen-bond acceptors (Lipinski definition) is 4. The molecule has 0 saturated heterocycles. The Kier molecular flexibility index (Phi) is 7.04. The second-order valence-corrected chi connectivity index (χ2v) is 6.42. The van der Waals surface area contributed by atoms with Crippen LogP contribution in [0.15, 0.2) is 42.5 Å². The number of amides is 1. The zero-order valence-corrected chi connectivity index (χ0v) is 15.8. The van der Waals surface area contributed by atoms with Crippen molar-refractivity contribution in [2.45, 2.75) is 26.3 Å². The van der Waals surface area contributed by atoms with E-state index >= 15 is 0 Å². The minimum absolute atomic E-state index is 0.0213. The number of esters is 1. The highest BCUT2D eigenvalue weighted by molar-refractivity contribution is 6.30. The molecule has 26 heavy (non-hydrogen) atoms. The third-order valence-electron chi connectivity index (χ3n) is 4.05. The second kappa shape index (κ2) is 9.25. The number of carbonyl (C=O) groups is 2. The van der Waals surface area contributed by atoms with Gasteiger partial charge in [-0.3, -0.25) is 9.59 Å². The summed E-state index contributed by atoms with van der Waals surface area (Å²) in [6, 6.07) is 12.1. The van der Waals surface area contributed by atoms with Crippen LogP contribution in [0.2, 0.25) is 5.02 Å². The van der Waals surface area contributed by atoms with E-state index in [-0.39, 0.29) is 18.9 Å². The summed E-state index contributed by atoms with van der Waals surface area (Å²) in [7, 11) is 1.31. The van der Waals surface area contributed by atoms with E-state index in [9.17, 15) is 9.59 Å². The fourth-order valence-electron chi connectivity index (χ4n) is 2.39. The first-order chi connectivity index (χ1) is 12.4. The van der Waals surface area contributed by atoms with Crippen LogP contribution in [0.3, 0.4) is 0 Å². The van der Waals surface area contributed by atoms with Crippen molar-refractivity contribution >= 4 is 23.5 Å². The van der Waals surface area contributed by atoms with E-state index in [4.69, 9.17) is 21.1 Å². The van der Waals surface area contributed by atoms with Crippen molar-refractivity contribution in [1.29, 1.82) is 0 Å². The van der Waals surface area contributed by atoms with Crippen molar-refractivity contribution in [3.05, 3.63) is 64.2 Å². The predicted octanol–water partition coefficient (Wildman–Crippen LogP) is 3.76. The molecule has 1 N–H and O–H groups in total. The smallest absolute Gasteiger partial charge is 0.307 e. The molecule has 0 aliphatic rings. The molecule has 6 heteroatoms. The van der Waals surface area contributed by atoms with Gasteiger partial charge in [0.15, 0.2) is 6.61 Å². The Morgan fingerprint density at radius 3 is 2.38 bits per heavy atom. The standard InChI is InChI=1S/C20H22ClNO4/c1-13-4-9-17(10-14(13)2)26-12-19(23)22-18(11-20(24)25-3)15-5-7-16(21)8-6-15/h4-10,18H,11-12H2,1-3H3,(H,22,23). The normalized spacial score (nSPS) is 11.5. The molecule has 0 saturated carbocycles. The molecule has 2 rings (SSSR count). The number of nitrogens with one attached hydrogen (secondary N) is 1. The Hall–Kier alpha value is -2.53. The van der Waals surface area contributed by atoms with E-state index < -0.39 is 12.0 Å². The van der Waals surface area contributed by atoms with Crippen LogP contribution in [-0.2, 0) is 14.3 Å². The average molecular weight is 376 g/mol. The summed E-state index contributed by atoms with van der Waals surface area (Å²) in [4.78, 5) is 23.9. The summed E-state index contributed by atoms with van der Waals surface area (Å²) in [5.41, 5.74) is 3.01. The van der Waals surface area contributed by atoms with Crippen LogP contribution in [0, 0.1) is 13.8 Å². The highest BCUT2D eigenvalue weighted by atomic mass is 35.5. The highest BCUT2D eigenvalue weighted by Gasteiger charge is 2.19. The molecule has 0 heterocycles. The number of halogens is 1. The Morgan fingerprint density at radius 1 is 1.08 bits per heavy atom. The number of hydrogen-bond donors (Lipinski definition) is 1. The van der Waals surface area contributed by atoms with Crippen LogP contribution in [0.25, 0.3) is 0 Å². The summed E-state index contributed by atoms with van der Waals surface area (Å²) in [5, 5.41) is 3.39. The lowest BCUT2D eigenvalue weighted by Crippen LogP contribution is -2.34. The van der Waals surface area contributed by atoms with E-state index in [1.807, 2.05) is 32.0 Å². The van der Waals surface area contributed by atoms with Gasteiger partial charge in [0.05, 0.1) is 19.6 Å². The number of ether oxygens (including phenoxy) is 2. The maximum Gasteiger partial charge on any atom is 0.307 e. The first-order valence-electron chi connectivity index (χ1n) is 8.20. The van der Waals surface area contributed by atoms with Crippen LogP contribution in [-0.4, -0.2) is 25.6 Å². The zero-order valence-electron chi connectivity index (χ0n) is 15.0. The number of carbonyl (C=O) groups excluding carboxylic acids is 2. The summed E-state index contributed by atoms with van der Waals surface area (Å²) in [5.74, 6) is -0.119. The molecule has 1 atom stereocenters. The van der Waals surface area contributed by atoms with Gasteiger partial charge in [0, 0.05) is 5.02 Å². The Morgan fingerprint density at radius 2 is 1.77 bits per heavy atom. The van der Waals surface area contributed by atoms with Crippen LogP contribution < -0.4 is 10.1 Å². The van der Waals surface area contributed by atoms with Gasteiger partial charge in [-0.2, -0.15) is 0 Å². The molecule has 2 aromatic carbocycles. The maximum absolute atomic E-state index is 12.3. The molecule has 0 spiro atoms. The topological polar surface area (TPSA) is 64.6 Å². The van der Waals surface area contributed by atoms with Crippen LogP contribution in [0.5, 0.6) is 5.75 Å². The number of rotatable bonds is 7. The zero-order chi connectivity index (χ0) is 19.1. The first kappa shape index (κ1) is 19.8. The minimum atomic E-state index is -0.518. The molecule has 0 bridgehead atoms. The molecule has 2 aromatic rings. The molecule has 5 nitrogen and oxygen atoms in total. The average Bonchev–Trinajstić information content (AvgIpc) is 2.62. The lowest BCUT2D eigenvalue weighted by molar-refractivity contribution is -0.141. The summed E-state index contributed by atoms with van der Waals surface area (Å²) >= 11 is 5.90. The monoisotopic (exact) mass is 375 g/mol. The molecule has 0 aliphatic carbocycles. The van der Waals surface area contributed by atoms with Gasteiger partial charge in [0.25, 0.3) is 5.91 Å². The molecule has 0 fully saturated rings. The van der Waals surface area contributed by atoms with Crippen LogP contribution in [0.1, 0.15) is 29.2 Å². The van der Waals surface area contributed by atoms with Crippen LogP contribution in [0.4, 0.5) is 0 Å². The Balaban J connectivity index is 2.01. The molecule has 0 aromatic heterocycles. The van der Waals surface area contributed by atoms with E-state index in [0.717, 1.165) is 16.7 Å². The van der Waals surface area contributed by atoms with E-state index in [2.05, 4.69) is 5.32 Å². The van der Waals surface area contributed by atoms with Crippen molar-refractivity contribution in [3.63, 3.8) is 0 Å². The molecule has 1 amide bonds. The fourth-order valence-corrected chi connectivity index (χ4v) is 2.51. The van der Waals surface area contributed by atoms with Gasteiger partial charge in [-0.1, -0.05) is 29.8 Å². The highest BCUT2D eigenvalue weighted by Crippen LogP contribution is 2.20. The third-order valence-corrected chi connectivity index (χ3v) is 4.31. The molecule has 138 valence electrons. The number of methoxy groups -OCH3 is 1. The van der Waals surface area contributed by atoms with Crippen molar-refractivity contribution in [2.75, 3.05) is 13.7 Å². The van der Waals surface area contributed by atoms with Crippen molar-refractivity contribution in [2.24, 2.45) is 0 Å². The van der Waals surface area contributed by atoms with E-state index in [1.54, 1.807) is 24.3 Å². The van der Waals surface area contributed by atoms with E-state index in [0.29, 0.717) is 10.8 Å². The molecular weight excluding hydrogens is 354 g/mol. The van der Waals surface area contributed by atoms with Crippen molar-refractivity contribution in [1.82, 2.24) is 5.32 Å². The number of benzene rings is 2. The van der Waals surface area contributed by atoms with Gasteiger partial charge >= 0.3 is 5.97 Å². The lowest BCUT2D eigenvalue weighted by atomic mass is 10.0. The van der Waals surface area contributed by atoms with Gasteiger partial charge < -0.3 is 14.8 Å². The van der Waals surface area contributed by atoms with Crippen LogP contribution >= 0.6 is 11.6 Å². The Bertz CT molecular complexity index is 774. The van der Waals surface area contributed by atoms with Gasteiger partial charge in [0.2, 0.25) is 0 Å². The second-order valence-electron chi connectivity index (χ2n) is 5.99. The van der Waals surface area contributed by atoms with Gasteiger partial charge in [-0.15, -0.1) is 0 Å². The van der Waals surface area contributed by atoms with Crippen molar-refractivity contribution < 1.29 is 19.1 Å². The first-order valence-corrected chi connectivity index (χ1v) is 8.58. The van der Waals surface area contributed by atoms with Crippen molar-refractivity contribution in [3.8, 4) is 5.75 Å². The molecule has 0 aliphatic heterocycles. The summed E-state index contributed by atoms with van der Waals surface area (Å²) in [6.45, 7) is 3.85. The molecule has 0 radical (unpaired) electrons. The third kappa shape index (κ3) is 5.77.